The maximum atomic E-state index is 12.2. The van der Waals surface area contributed by atoms with Crippen molar-refractivity contribution >= 4 is 33.4 Å². The molecule has 0 aliphatic carbocycles. The van der Waals surface area contributed by atoms with E-state index >= 15 is 0 Å². The fourth-order valence-corrected chi connectivity index (χ4v) is 2.94. The molecule has 1 atom stereocenters. The monoisotopic (exact) mass is 392 g/mol. The number of nitrogens with zero attached hydrogens (tertiary/aromatic N) is 1. The molecule has 2 heterocycles. The van der Waals surface area contributed by atoms with Gasteiger partial charge < -0.3 is 19.4 Å². The van der Waals surface area contributed by atoms with Crippen LogP contribution in [0.25, 0.3) is 0 Å². The van der Waals surface area contributed by atoms with Crippen LogP contribution < -0.4 is 15.0 Å². The Morgan fingerprint density at radius 2 is 2.08 bits per heavy atom. The number of hydrogen-bond donors (Lipinski definition) is 1. The molecule has 2 amide bonds. The summed E-state index contributed by atoms with van der Waals surface area (Å²) < 4.78 is 11.1. The fourth-order valence-electron chi connectivity index (χ4n) is 2.64. The molecule has 6 nitrogen and oxygen atoms in total. The van der Waals surface area contributed by atoms with Crippen LogP contribution in [0.1, 0.15) is 23.9 Å². The van der Waals surface area contributed by atoms with E-state index in [4.69, 9.17) is 9.15 Å². The summed E-state index contributed by atoms with van der Waals surface area (Å²) in [6.45, 7) is 2.95. The quantitative estimate of drug-likeness (QED) is 0.848. The van der Waals surface area contributed by atoms with Crippen molar-refractivity contribution in [1.29, 1.82) is 0 Å². The fraction of sp³-hybridized carbons (Fsp3) is 0.294. The van der Waals surface area contributed by atoms with Crippen molar-refractivity contribution in [2.75, 3.05) is 18.1 Å². The minimum atomic E-state index is -0.327. The van der Waals surface area contributed by atoms with Gasteiger partial charge >= 0.3 is 0 Å². The van der Waals surface area contributed by atoms with Crippen LogP contribution in [0.4, 0.5) is 5.69 Å². The molecule has 1 fully saturated rings. The average molecular weight is 393 g/mol. The van der Waals surface area contributed by atoms with Crippen molar-refractivity contribution in [3.05, 3.63) is 46.8 Å². The van der Waals surface area contributed by atoms with E-state index in [0.717, 1.165) is 11.4 Å². The molecule has 1 N–H and O–H groups in total. The van der Waals surface area contributed by atoms with Gasteiger partial charge in [-0.3, -0.25) is 9.59 Å². The first-order valence-corrected chi connectivity index (χ1v) is 8.45. The molecule has 126 valence electrons. The molecule has 24 heavy (non-hydrogen) atoms. The van der Waals surface area contributed by atoms with E-state index in [9.17, 15) is 9.59 Å². The van der Waals surface area contributed by atoms with Gasteiger partial charge in [0, 0.05) is 18.7 Å². The largest absolute Gasteiger partial charge is 0.494 e. The number of halogens is 1. The van der Waals surface area contributed by atoms with Crippen LogP contribution in [0.5, 0.6) is 5.75 Å². The highest BCUT2D eigenvalue weighted by Crippen LogP contribution is 2.24. The number of rotatable bonds is 5. The van der Waals surface area contributed by atoms with Gasteiger partial charge in [-0.15, -0.1) is 0 Å². The van der Waals surface area contributed by atoms with Crippen LogP contribution in [0.3, 0.4) is 0 Å². The minimum absolute atomic E-state index is 0.0231. The Bertz CT molecular complexity index is 741. The number of furan rings is 1. The third-order valence-electron chi connectivity index (χ3n) is 3.72. The molecule has 7 heteroatoms. The number of anilines is 1. The summed E-state index contributed by atoms with van der Waals surface area (Å²) in [5, 5.41) is 2.83. The molecule has 2 aromatic rings. The Hall–Kier alpha value is -2.28. The second-order valence-corrected chi connectivity index (χ2v) is 6.19. The second-order valence-electron chi connectivity index (χ2n) is 5.41. The Morgan fingerprint density at radius 3 is 2.71 bits per heavy atom. The summed E-state index contributed by atoms with van der Waals surface area (Å²) >= 11 is 3.16. The summed E-state index contributed by atoms with van der Waals surface area (Å²) in [6.07, 6.45) is 0.265. The smallest absolute Gasteiger partial charge is 0.287 e. The van der Waals surface area contributed by atoms with Gasteiger partial charge in [-0.1, -0.05) is 0 Å². The lowest BCUT2D eigenvalue weighted by atomic mass is 10.2. The zero-order chi connectivity index (χ0) is 17.1. The van der Waals surface area contributed by atoms with E-state index < -0.39 is 0 Å². The van der Waals surface area contributed by atoms with Gasteiger partial charge in [-0.05, 0) is 59.3 Å². The van der Waals surface area contributed by atoms with Gasteiger partial charge in [0.2, 0.25) is 5.91 Å². The maximum Gasteiger partial charge on any atom is 0.287 e. The summed E-state index contributed by atoms with van der Waals surface area (Å²) in [6, 6.07) is 10.3. The third-order valence-corrected chi connectivity index (χ3v) is 4.14. The lowest BCUT2D eigenvalue weighted by Gasteiger charge is -2.17. The van der Waals surface area contributed by atoms with Crippen molar-refractivity contribution in [1.82, 2.24) is 5.32 Å². The molecular formula is C17H17BrN2O4. The number of amides is 2. The van der Waals surface area contributed by atoms with Crippen molar-refractivity contribution in [3.8, 4) is 5.75 Å². The highest BCUT2D eigenvalue weighted by Gasteiger charge is 2.32. The topological polar surface area (TPSA) is 71.8 Å². The van der Waals surface area contributed by atoms with Crippen LogP contribution in [0.2, 0.25) is 0 Å². The van der Waals surface area contributed by atoms with Crippen LogP contribution in [0.15, 0.2) is 45.5 Å². The number of hydrogen-bond acceptors (Lipinski definition) is 4. The lowest BCUT2D eigenvalue weighted by Crippen LogP contribution is -2.37. The molecule has 3 rings (SSSR count). The summed E-state index contributed by atoms with van der Waals surface area (Å²) in [7, 11) is 0. The zero-order valence-electron chi connectivity index (χ0n) is 13.1. The zero-order valence-corrected chi connectivity index (χ0v) is 14.7. The molecule has 0 radical (unpaired) electrons. The van der Waals surface area contributed by atoms with Crippen LogP contribution >= 0.6 is 15.9 Å². The maximum absolute atomic E-state index is 12.2. The summed E-state index contributed by atoms with van der Waals surface area (Å²) in [4.78, 5) is 26.0. The van der Waals surface area contributed by atoms with Crippen molar-refractivity contribution in [2.45, 2.75) is 19.4 Å². The molecular weight excluding hydrogens is 376 g/mol. The summed E-state index contributed by atoms with van der Waals surface area (Å²) in [5.74, 6) is 0.632. The highest BCUT2D eigenvalue weighted by molar-refractivity contribution is 9.10. The predicted molar refractivity (Wildman–Crippen MR) is 92.2 cm³/mol. The summed E-state index contributed by atoms with van der Waals surface area (Å²) in [5.41, 5.74) is 0.793. The molecule has 0 unspecified atom stereocenters. The van der Waals surface area contributed by atoms with E-state index in [1.54, 1.807) is 17.0 Å². The number of ether oxygens (including phenoxy) is 1. The first-order valence-electron chi connectivity index (χ1n) is 7.66. The molecule has 1 saturated heterocycles. The van der Waals surface area contributed by atoms with Gasteiger partial charge in [-0.2, -0.15) is 0 Å². The number of nitrogens with one attached hydrogen (secondary N) is 1. The lowest BCUT2D eigenvalue weighted by molar-refractivity contribution is -0.117. The Kier molecular flexibility index (Phi) is 4.89. The van der Waals surface area contributed by atoms with Gasteiger partial charge in [0.25, 0.3) is 5.91 Å². The van der Waals surface area contributed by atoms with E-state index in [-0.39, 0.29) is 30.0 Å². The number of carbonyl (C=O) groups excluding carboxylic acids is 2. The molecule has 1 aliphatic rings. The first-order chi connectivity index (χ1) is 11.6. The van der Waals surface area contributed by atoms with Crippen LogP contribution in [-0.2, 0) is 4.79 Å². The predicted octanol–water partition coefficient (Wildman–Crippen LogP) is 2.98. The highest BCUT2D eigenvalue weighted by atomic mass is 79.9. The molecule has 1 aromatic carbocycles. The average Bonchev–Trinajstić information content (AvgIpc) is 3.14. The minimum Gasteiger partial charge on any atom is -0.494 e. The van der Waals surface area contributed by atoms with E-state index in [2.05, 4.69) is 21.2 Å². The van der Waals surface area contributed by atoms with Crippen molar-refractivity contribution < 1.29 is 18.7 Å². The second kappa shape index (κ2) is 7.09. The van der Waals surface area contributed by atoms with Gasteiger partial charge in [0.15, 0.2) is 10.4 Å². The molecule has 1 aliphatic heterocycles. The Labute approximate surface area is 147 Å². The van der Waals surface area contributed by atoms with Gasteiger partial charge in [0.1, 0.15) is 5.75 Å². The van der Waals surface area contributed by atoms with E-state index in [0.29, 0.717) is 17.8 Å². The van der Waals surface area contributed by atoms with Crippen LogP contribution in [-0.4, -0.2) is 31.0 Å². The van der Waals surface area contributed by atoms with Gasteiger partial charge in [-0.25, -0.2) is 0 Å². The normalized spacial score (nSPS) is 17.2. The van der Waals surface area contributed by atoms with E-state index in [1.807, 2.05) is 31.2 Å². The molecule has 0 spiro atoms. The van der Waals surface area contributed by atoms with Gasteiger partial charge in [0.05, 0.1) is 12.6 Å². The Balaban J connectivity index is 1.64. The molecule has 0 bridgehead atoms. The van der Waals surface area contributed by atoms with Crippen LogP contribution in [0, 0.1) is 0 Å². The first kappa shape index (κ1) is 16.6. The van der Waals surface area contributed by atoms with Crippen molar-refractivity contribution in [2.24, 2.45) is 0 Å². The van der Waals surface area contributed by atoms with Crippen molar-refractivity contribution in [3.63, 3.8) is 0 Å². The Morgan fingerprint density at radius 1 is 1.33 bits per heavy atom. The molecule has 0 saturated carbocycles. The third kappa shape index (κ3) is 3.62. The van der Waals surface area contributed by atoms with E-state index in [1.165, 1.54) is 0 Å². The standard InChI is InChI=1S/C17H17BrN2O4/c1-2-23-13-5-3-12(4-6-13)20-10-11(9-16(20)21)19-17(22)14-7-8-15(18)24-14/h3-8,11H,2,9-10H2,1H3,(H,19,22)/t11-/m0/s1. The molecule has 1 aromatic heterocycles. The SMILES string of the molecule is CCOc1ccc(N2C[C@@H](NC(=O)c3ccc(Br)o3)CC2=O)cc1. The number of benzene rings is 1. The number of carbonyl (C=O) groups is 2.